The molecule has 6 heteroatoms. The quantitative estimate of drug-likeness (QED) is 0.555. The zero-order chi connectivity index (χ0) is 12.8. The fraction of sp³-hybridized carbons (Fsp3) is 0.727. The molecule has 1 heterocycles. The van der Waals surface area contributed by atoms with Crippen molar-refractivity contribution in [3.63, 3.8) is 0 Å². The number of rotatable bonds is 5. The molecule has 3 N–H and O–H groups in total. The highest BCUT2D eigenvalue weighted by Gasteiger charge is 2.27. The second-order valence-electron chi connectivity index (χ2n) is 4.23. The molecule has 1 aliphatic heterocycles. The normalized spacial score (nSPS) is 21.9. The van der Waals surface area contributed by atoms with E-state index < -0.39 is 11.9 Å². The summed E-state index contributed by atoms with van der Waals surface area (Å²) >= 11 is 0. The van der Waals surface area contributed by atoms with Gasteiger partial charge in [0, 0.05) is 18.9 Å². The summed E-state index contributed by atoms with van der Waals surface area (Å²) in [6.07, 6.45) is 0.983. The van der Waals surface area contributed by atoms with E-state index in [1.54, 1.807) is 0 Å². The molecule has 2 atom stereocenters. The van der Waals surface area contributed by atoms with Gasteiger partial charge in [-0.15, -0.1) is 0 Å². The van der Waals surface area contributed by atoms with E-state index in [0.717, 1.165) is 6.54 Å². The molecule has 1 rings (SSSR count). The summed E-state index contributed by atoms with van der Waals surface area (Å²) in [6, 6.07) is -0.498. The molecule has 96 valence electrons. The number of hydrogen-bond donors (Lipinski definition) is 3. The van der Waals surface area contributed by atoms with Gasteiger partial charge in [-0.1, -0.05) is 6.92 Å². The van der Waals surface area contributed by atoms with Crippen molar-refractivity contribution in [2.24, 2.45) is 0 Å². The fourth-order valence-corrected chi connectivity index (χ4v) is 1.78. The van der Waals surface area contributed by atoms with E-state index in [1.807, 2.05) is 13.8 Å². The second kappa shape index (κ2) is 6.34. The smallest absolute Gasteiger partial charge is 0.249 e. The van der Waals surface area contributed by atoms with Crippen molar-refractivity contribution in [2.45, 2.75) is 45.2 Å². The Hall–Kier alpha value is -1.43. The lowest BCUT2D eigenvalue weighted by Crippen LogP contribution is -2.52. The van der Waals surface area contributed by atoms with Crippen molar-refractivity contribution < 1.29 is 14.4 Å². The third-order valence-corrected chi connectivity index (χ3v) is 2.62. The van der Waals surface area contributed by atoms with Gasteiger partial charge in [0.2, 0.25) is 17.7 Å². The van der Waals surface area contributed by atoms with Crippen LogP contribution in [-0.4, -0.2) is 36.3 Å². The molecule has 1 saturated heterocycles. The molecule has 0 bridgehead atoms. The highest BCUT2D eigenvalue weighted by Crippen LogP contribution is 2.04. The summed E-state index contributed by atoms with van der Waals surface area (Å²) in [5.74, 6) is -0.861. The third kappa shape index (κ3) is 4.52. The summed E-state index contributed by atoms with van der Waals surface area (Å²) in [6.45, 7) is 4.68. The zero-order valence-corrected chi connectivity index (χ0v) is 10.2. The third-order valence-electron chi connectivity index (χ3n) is 2.62. The lowest BCUT2D eigenvalue weighted by Gasteiger charge is -2.22. The van der Waals surface area contributed by atoms with Crippen molar-refractivity contribution in [1.29, 1.82) is 0 Å². The van der Waals surface area contributed by atoms with Gasteiger partial charge in [0.15, 0.2) is 0 Å². The summed E-state index contributed by atoms with van der Waals surface area (Å²) in [5, 5.41) is 7.96. The van der Waals surface area contributed by atoms with Gasteiger partial charge in [0.05, 0.1) is 0 Å². The molecule has 0 aliphatic carbocycles. The molecule has 1 aliphatic rings. The maximum absolute atomic E-state index is 11.6. The molecule has 0 saturated carbocycles. The van der Waals surface area contributed by atoms with E-state index in [9.17, 15) is 14.4 Å². The fourth-order valence-electron chi connectivity index (χ4n) is 1.78. The Bertz CT molecular complexity index is 317. The minimum absolute atomic E-state index is 0.0771. The van der Waals surface area contributed by atoms with Crippen molar-refractivity contribution in [2.75, 3.05) is 6.54 Å². The van der Waals surface area contributed by atoms with Crippen LogP contribution in [0.2, 0.25) is 0 Å². The molecule has 3 amide bonds. The Balaban J connectivity index is 2.35. The minimum atomic E-state index is -0.575. The average Bonchev–Trinajstić information content (AvgIpc) is 2.22. The number of carbonyl (C=O) groups is 3. The maximum atomic E-state index is 11.6. The van der Waals surface area contributed by atoms with Crippen molar-refractivity contribution in [3.05, 3.63) is 0 Å². The van der Waals surface area contributed by atoms with Gasteiger partial charge in [-0.25, -0.2) is 0 Å². The predicted molar refractivity (Wildman–Crippen MR) is 62.1 cm³/mol. The van der Waals surface area contributed by atoms with Crippen LogP contribution in [0, 0.1) is 0 Å². The van der Waals surface area contributed by atoms with Gasteiger partial charge in [-0.2, -0.15) is 0 Å². The van der Waals surface area contributed by atoms with Gasteiger partial charge < -0.3 is 10.6 Å². The van der Waals surface area contributed by atoms with Gasteiger partial charge in [-0.3, -0.25) is 19.7 Å². The number of carbonyl (C=O) groups excluding carboxylic acids is 3. The van der Waals surface area contributed by atoms with E-state index in [1.165, 1.54) is 0 Å². The Labute approximate surface area is 101 Å². The largest absolute Gasteiger partial charge is 0.344 e. The topological polar surface area (TPSA) is 87.3 Å². The first-order chi connectivity index (χ1) is 8.02. The molecule has 0 aromatic rings. The molecular weight excluding hydrogens is 222 g/mol. The van der Waals surface area contributed by atoms with Crippen LogP contribution < -0.4 is 16.0 Å². The average molecular weight is 241 g/mol. The summed E-state index contributed by atoms with van der Waals surface area (Å²) in [4.78, 5) is 33.9. The van der Waals surface area contributed by atoms with Gasteiger partial charge in [-0.05, 0) is 19.9 Å². The molecular formula is C11H19N3O3. The van der Waals surface area contributed by atoms with E-state index in [0.29, 0.717) is 12.8 Å². The Morgan fingerprint density at radius 3 is 2.82 bits per heavy atom. The first-order valence-electron chi connectivity index (χ1n) is 5.89. The SMILES string of the molecule is CCNC(C)CC(=O)NC1CCC(=O)NC1=O. The van der Waals surface area contributed by atoms with E-state index >= 15 is 0 Å². The molecule has 0 spiro atoms. The summed E-state index contributed by atoms with van der Waals surface area (Å²) in [7, 11) is 0. The maximum Gasteiger partial charge on any atom is 0.249 e. The van der Waals surface area contributed by atoms with Gasteiger partial charge in [0.25, 0.3) is 0 Å². The van der Waals surface area contributed by atoms with Crippen LogP contribution in [0.5, 0.6) is 0 Å². The van der Waals surface area contributed by atoms with Crippen LogP contribution in [0.3, 0.4) is 0 Å². The number of hydrogen-bond acceptors (Lipinski definition) is 4. The van der Waals surface area contributed by atoms with Crippen molar-refractivity contribution in [3.8, 4) is 0 Å². The molecule has 2 unspecified atom stereocenters. The van der Waals surface area contributed by atoms with Gasteiger partial charge >= 0.3 is 0 Å². The lowest BCUT2D eigenvalue weighted by molar-refractivity contribution is -0.137. The zero-order valence-electron chi connectivity index (χ0n) is 10.2. The van der Waals surface area contributed by atoms with Crippen molar-refractivity contribution in [1.82, 2.24) is 16.0 Å². The number of piperidine rings is 1. The monoisotopic (exact) mass is 241 g/mol. The van der Waals surface area contributed by atoms with Crippen LogP contribution in [0.1, 0.15) is 33.1 Å². The Kier molecular flexibility index (Phi) is 5.09. The van der Waals surface area contributed by atoms with Crippen LogP contribution in [0.25, 0.3) is 0 Å². The van der Waals surface area contributed by atoms with Crippen LogP contribution in [0.4, 0.5) is 0 Å². The minimum Gasteiger partial charge on any atom is -0.344 e. The highest BCUT2D eigenvalue weighted by atomic mass is 16.2. The molecule has 0 aromatic carbocycles. The molecule has 6 nitrogen and oxygen atoms in total. The molecule has 0 radical (unpaired) electrons. The number of amides is 3. The summed E-state index contributed by atoms with van der Waals surface area (Å²) < 4.78 is 0. The highest BCUT2D eigenvalue weighted by molar-refractivity contribution is 6.01. The Morgan fingerprint density at radius 1 is 1.53 bits per heavy atom. The number of nitrogens with one attached hydrogen (secondary N) is 3. The first kappa shape index (κ1) is 13.6. The van der Waals surface area contributed by atoms with E-state index in [2.05, 4.69) is 16.0 Å². The second-order valence-corrected chi connectivity index (χ2v) is 4.23. The van der Waals surface area contributed by atoms with Gasteiger partial charge in [0.1, 0.15) is 6.04 Å². The lowest BCUT2D eigenvalue weighted by atomic mass is 10.1. The van der Waals surface area contributed by atoms with E-state index in [-0.39, 0.29) is 24.3 Å². The molecule has 17 heavy (non-hydrogen) atoms. The molecule has 1 fully saturated rings. The van der Waals surface area contributed by atoms with Crippen molar-refractivity contribution >= 4 is 17.7 Å². The first-order valence-corrected chi connectivity index (χ1v) is 5.89. The van der Waals surface area contributed by atoms with Crippen LogP contribution in [-0.2, 0) is 14.4 Å². The Morgan fingerprint density at radius 2 is 2.24 bits per heavy atom. The predicted octanol–water partition coefficient (Wildman–Crippen LogP) is -0.704. The standard InChI is InChI=1S/C11H19N3O3/c1-3-12-7(2)6-10(16)13-8-4-5-9(15)14-11(8)17/h7-8,12H,3-6H2,1-2H3,(H,13,16)(H,14,15,17). The van der Waals surface area contributed by atoms with Crippen LogP contribution in [0.15, 0.2) is 0 Å². The summed E-state index contributed by atoms with van der Waals surface area (Å²) in [5.41, 5.74) is 0. The number of imide groups is 1. The molecule has 0 aromatic heterocycles. The van der Waals surface area contributed by atoms with Crippen LogP contribution >= 0.6 is 0 Å². The van der Waals surface area contributed by atoms with E-state index in [4.69, 9.17) is 0 Å².